The quantitative estimate of drug-likeness (QED) is 0.686. The normalized spacial score (nSPS) is 13.9. The fourth-order valence-electron chi connectivity index (χ4n) is 3.50. The molecular formula is C18H26ClFN2O. The second kappa shape index (κ2) is 7.18. The molecule has 128 valence electrons. The first-order valence-corrected chi connectivity index (χ1v) is 8.71. The van der Waals surface area contributed by atoms with E-state index >= 15 is 0 Å². The summed E-state index contributed by atoms with van der Waals surface area (Å²) in [5.41, 5.74) is 0.293. The van der Waals surface area contributed by atoms with Crippen LogP contribution in [0.1, 0.15) is 65.0 Å². The maximum Gasteiger partial charge on any atom is 0.149 e. The van der Waals surface area contributed by atoms with Crippen LogP contribution in [0.25, 0.3) is 10.9 Å². The molecule has 1 aromatic heterocycles. The number of hydrogen-bond acceptors (Lipinski definition) is 2. The van der Waals surface area contributed by atoms with Crippen LogP contribution in [0.2, 0.25) is 5.02 Å². The molecule has 1 aromatic carbocycles. The van der Waals surface area contributed by atoms with Crippen molar-refractivity contribution in [2.75, 3.05) is 0 Å². The zero-order valence-electron chi connectivity index (χ0n) is 14.3. The summed E-state index contributed by atoms with van der Waals surface area (Å²) in [6.45, 7) is 8.29. The second-order valence-electron chi connectivity index (χ2n) is 6.92. The van der Waals surface area contributed by atoms with Crippen molar-refractivity contribution in [2.45, 2.75) is 59.5 Å². The summed E-state index contributed by atoms with van der Waals surface area (Å²) in [5, 5.41) is 18.5. The van der Waals surface area contributed by atoms with Crippen molar-refractivity contribution in [1.82, 2.24) is 10.2 Å². The molecule has 1 heterocycles. The van der Waals surface area contributed by atoms with E-state index in [1.54, 1.807) is 6.20 Å². The molecule has 0 spiro atoms. The van der Waals surface area contributed by atoms with Crippen molar-refractivity contribution in [1.29, 1.82) is 0 Å². The number of benzene rings is 1. The third-order valence-electron chi connectivity index (χ3n) is 4.97. The largest absolute Gasteiger partial charge is 0.388 e. The van der Waals surface area contributed by atoms with Crippen LogP contribution in [0.15, 0.2) is 12.3 Å². The molecule has 2 aromatic rings. The first-order valence-electron chi connectivity index (χ1n) is 8.33. The number of H-pyrrole nitrogens is 1. The van der Waals surface area contributed by atoms with E-state index in [4.69, 9.17) is 11.6 Å². The van der Waals surface area contributed by atoms with Crippen LogP contribution in [-0.4, -0.2) is 15.3 Å². The Morgan fingerprint density at radius 1 is 1.30 bits per heavy atom. The maximum absolute atomic E-state index is 14.7. The average Bonchev–Trinajstić information content (AvgIpc) is 2.95. The molecule has 5 heteroatoms. The Bertz CT molecular complexity index is 662. The Morgan fingerprint density at radius 2 is 1.91 bits per heavy atom. The lowest BCUT2D eigenvalue weighted by Crippen LogP contribution is -2.32. The van der Waals surface area contributed by atoms with Crippen LogP contribution in [0, 0.1) is 17.2 Å². The molecule has 1 atom stereocenters. The predicted octanol–water partition coefficient (Wildman–Crippen LogP) is 5.63. The second-order valence-corrected chi connectivity index (χ2v) is 7.33. The monoisotopic (exact) mass is 340 g/mol. The highest BCUT2D eigenvalue weighted by Crippen LogP contribution is 2.46. The Labute approximate surface area is 142 Å². The van der Waals surface area contributed by atoms with Gasteiger partial charge in [0.2, 0.25) is 0 Å². The molecule has 1 unspecified atom stereocenters. The molecule has 0 aliphatic carbocycles. The van der Waals surface area contributed by atoms with Gasteiger partial charge in [-0.3, -0.25) is 5.10 Å². The SMILES string of the molecule is CCCC(CCC)C(C)(C)C(O)c1c(F)c(Cl)cc2cn[nH]c12. The topological polar surface area (TPSA) is 48.9 Å². The van der Waals surface area contributed by atoms with Gasteiger partial charge in [0, 0.05) is 10.9 Å². The first kappa shape index (κ1) is 18.2. The number of halogens is 2. The van der Waals surface area contributed by atoms with Gasteiger partial charge < -0.3 is 5.11 Å². The molecule has 0 bridgehead atoms. The van der Waals surface area contributed by atoms with E-state index in [0.29, 0.717) is 16.8 Å². The molecule has 2 N–H and O–H groups in total. The zero-order chi connectivity index (χ0) is 17.2. The van der Waals surface area contributed by atoms with Gasteiger partial charge in [-0.2, -0.15) is 5.10 Å². The number of nitrogens with zero attached hydrogens (tertiary/aromatic N) is 1. The van der Waals surface area contributed by atoms with Crippen LogP contribution >= 0.6 is 11.6 Å². The van der Waals surface area contributed by atoms with E-state index in [0.717, 1.165) is 25.7 Å². The van der Waals surface area contributed by atoms with E-state index in [2.05, 4.69) is 24.0 Å². The number of hydrogen-bond donors (Lipinski definition) is 2. The maximum atomic E-state index is 14.7. The standard InChI is InChI=1S/C18H26ClFN2O/c1-5-7-12(8-6-2)18(3,4)17(23)14-15(20)13(19)9-11-10-21-22-16(11)14/h9-10,12,17,23H,5-8H2,1-4H3,(H,21,22). The minimum absolute atomic E-state index is 0.0197. The molecular weight excluding hydrogens is 315 g/mol. The van der Waals surface area contributed by atoms with E-state index in [1.807, 2.05) is 13.8 Å². The molecule has 0 radical (unpaired) electrons. The van der Waals surface area contributed by atoms with E-state index < -0.39 is 17.3 Å². The average molecular weight is 341 g/mol. The molecule has 0 saturated carbocycles. The first-order chi connectivity index (χ1) is 10.8. The zero-order valence-corrected chi connectivity index (χ0v) is 15.0. The Kier molecular flexibility index (Phi) is 5.69. The van der Waals surface area contributed by atoms with Crippen LogP contribution in [-0.2, 0) is 0 Å². The molecule has 0 aliphatic heterocycles. The van der Waals surface area contributed by atoms with Crippen LogP contribution in [0.4, 0.5) is 4.39 Å². The summed E-state index contributed by atoms with van der Waals surface area (Å²) in [7, 11) is 0. The van der Waals surface area contributed by atoms with Gasteiger partial charge in [0.05, 0.1) is 22.8 Å². The fourth-order valence-corrected chi connectivity index (χ4v) is 3.72. The predicted molar refractivity (Wildman–Crippen MR) is 93.1 cm³/mol. The van der Waals surface area contributed by atoms with E-state index in [1.165, 1.54) is 6.07 Å². The summed E-state index contributed by atoms with van der Waals surface area (Å²) >= 11 is 6.02. The molecule has 0 saturated heterocycles. The summed E-state index contributed by atoms with van der Waals surface area (Å²) in [4.78, 5) is 0. The van der Waals surface area contributed by atoms with Crippen molar-refractivity contribution >= 4 is 22.5 Å². The number of aliphatic hydroxyl groups excluding tert-OH is 1. The van der Waals surface area contributed by atoms with Gasteiger partial charge in [0.15, 0.2) is 0 Å². The Morgan fingerprint density at radius 3 is 2.48 bits per heavy atom. The smallest absolute Gasteiger partial charge is 0.149 e. The molecule has 23 heavy (non-hydrogen) atoms. The minimum Gasteiger partial charge on any atom is -0.388 e. The van der Waals surface area contributed by atoms with Crippen LogP contribution in [0.3, 0.4) is 0 Å². The highest BCUT2D eigenvalue weighted by atomic mass is 35.5. The van der Waals surface area contributed by atoms with Gasteiger partial charge in [-0.25, -0.2) is 4.39 Å². The molecule has 3 nitrogen and oxygen atoms in total. The van der Waals surface area contributed by atoms with Crippen LogP contribution < -0.4 is 0 Å². The molecule has 0 fully saturated rings. The number of aromatic amines is 1. The van der Waals surface area contributed by atoms with Crippen molar-refractivity contribution < 1.29 is 9.50 Å². The van der Waals surface area contributed by atoms with E-state index in [-0.39, 0.29) is 10.6 Å². The molecule has 0 amide bonds. The van der Waals surface area contributed by atoms with Gasteiger partial charge in [0.1, 0.15) is 5.82 Å². The number of rotatable bonds is 7. The highest BCUT2D eigenvalue weighted by Gasteiger charge is 2.39. The summed E-state index contributed by atoms with van der Waals surface area (Å²) in [6.07, 6.45) is 4.74. The van der Waals surface area contributed by atoms with Gasteiger partial charge in [-0.1, -0.05) is 65.0 Å². The molecule has 2 rings (SSSR count). The van der Waals surface area contributed by atoms with Crippen molar-refractivity contribution in [2.24, 2.45) is 11.3 Å². The van der Waals surface area contributed by atoms with Gasteiger partial charge in [-0.15, -0.1) is 0 Å². The highest BCUT2D eigenvalue weighted by molar-refractivity contribution is 6.31. The Hall–Kier alpha value is -1.13. The lowest BCUT2D eigenvalue weighted by atomic mass is 9.68. The number of fused-ring (bicyclic) bond motifs is 1. The third kappa shape index (κ3) is 3.38. The summed E-state index contributed by atoms with van der Waals surface area (Å²) in [5.74, 6) is -0.250. The Balaban J connectivity index is 2.51. The summed E-state index contributed by atoms with van der Waals surface area (Å²) < 4.78 is 14.7. The number of aromatic nitrogens is 2. The van der Waals surface area contributed by atoms with E-state index in [9.17, 15) is 9.50 Å². The lowest BCUT2D eigenvalue weighted by Gasteiger charge is -2.39. The van der Waals surface area contributed by atoms with Gasteiger partial charge >= 0.3 is 0 Å². The summed E-state index contributed by atoms with van der Waals surface area (Å²) in [6, 6.07) is 1.54. The van der Waals surface area contributed by atoms with Gasteiger partial charge in [-0.05, 0) is 17.4 Å². The van der Waals surface area contributed by atoms with Crippen molar-refractivity contribution in [3.63, 3.8) is 0 Å². The van der Waals surface area contributed by atoms with Crippen molar-refractivity contribution in [3.8, 4) is 0 Å². The number of nitrogens with one attached hydrogen (secondary N) is 1. The van der Waals surface area contributed by atoms with Crippen LogP contribution in [0.5, 0.6) is 0 Å². The fraction of sp³-hybridized carbons (Fsp3) is 0.611. The number of aliphatic hydroxyl groups is 1. The third-order valence-corrected chi connectivity index (χ3v) is 5.25. The van der Waals surface area contributed by atoms with Crippen molar-refractivity contribution in [3.05, 3.63) is 28.7 Å². The molecule has 0 aliphatic rings. The minimum atomic E-state index is -0.952. The lowest BCUT2D eigenvalue weighted by molar-refractivity contribution is -0.00369. The van der Waals surface area contributed by atoms with Gasteiger partial charge in [0.25, 0.3) is 0 Å².